The molecular formula is C5H12N2OS. The van der Waals surface area contributed by atoms with Crippen molar-refractivity contribution in [3.63, 3.8) is 0 Å². The average molecular weight is 148 g/mol. The van der Waals surface area contributed by atoms with Gasteiger partial charge in [-0.15, -0.1) is 0 Å². The van der Waals surface area contributed by atoms with Crippen molar-refractivity contribution < 1.29 is 4.21 Å². The molecule has 1 aliphatic heterocycles. The molecule has 0 bridgehead atoms. The summed E-state index contributed by atoms with van der Waals surface area (Å²) in [5, 5.41) is 0. The van der Waals surface area contributed by atoms with E-state index in [1.165, 1.54) is 0 Å². The highest BCUT2D eigenvalue weighted by atomic mass is 32.2. The molecule has 54 valence electrons. The molecule has 1 rings (SSSR count). The highest BCUT2D eigenvalue weighted by molar-refractivity contribution is 7.82. The summed E-state index contributed by atoms with van der Waals surface area (Å²) in [5.41, 5.74) is 0. The Morgan fingerprint density at radius 1 is 1.67 bits per heavy atom. The van der Waals surface area contributed by atoms with Crippen molar-refractivity contribution in [3.8, 4) is 0 Å². The molecule has 1 aliphatic rings. The van der Waals surface area contributed by atoms with Crippen molar-refractivity contribution in [2.75, 3.05) is 26.4 Å². The third-order valence-corrected chi connectivity index (χ3v) is 2.06. The maximum absolute atomic E-state index is 10.5. The fraction of sp³-hybridized carbons (Fsp3) is 1.00. The van der Waals surface area contributed by atoms with Gasteiger partial charge in [0.05, 0.1) is 11.0 Å². The lowest BCUT2D eigenvalue weighted by molar-refractivity contribution is 0.181. The topological polar surface area (TPSA) is 32.3 Å². The fourth-order valence-corrected chi connectivity index (χ4v) is 1.63. The van der Waals surface area contributed by atoms with E-state index in [0.29, 0.717) is 6.04 Å². The van der Waals surface area contributed by atoms with Crippen LogP contribution in [-0.2, 0) is 11.0 Å². The van der Waals surface area contributed by atoms with Gasteiger partial charge in [-0.1, -0.05) is 0 Å². The highest BCUT2D eigenvalue weighted by Gasteiger charge is 2.22. The second kappa shape index (κ2) is 2.77. The summed E-state index contributed by atoms with van der Waals surface area (Å²) >= 11 is 0. The lowest BCUT2D eigenvalue weighted by atomic mass is 10.2. The molecule has 4 heteroatoms. The minimum absolute atomic E-state index is 0.459. The highest BCUT2D eigenvalue weighted by Crippen LogP contribution is 2.02. The van der Waals surface area contributed by atoms with Crippen molar-refractivity contribution in [1.29, 1.82) is 0 Å². The second-order valence-corrected chi connectivity index (χ2v) is 3.63. The summed E-state index contributed by atoms with van der Waals surface area (Å²) in [6.07, 6.45) is 1.66. The van der Waals surface area contributed by atoms with E-state index in [-0.39, 0.29) is 0 Å². The third-order valence-electron chi connectivity index (χ3n) is 1.40. The molecule has 0 aromatic carbocycles. The number of likely N-dealkylation sites (tertiary alicyclic amines) is 1. The molecule has 1 fully saturated rings. The smallest absolute Gasteiger partial charge is 0.0887 e. The molecule has 1 heterocycles. The number of nitrogens with zero attached hydrogens (tertiary/aromatic N) is 1. The van der Waals surface area contributed by atoms with E-state index in [2.05, 4.69) is 16.7 Å². The van der Waals surface area contributed by atoms with Gasteiger partial charge in [-0.2, -0.15) is 0 Å². The second-order valence-electron chi connectivity index (χ2n) is 2.49. The van der Waals surface area contributed by atoms with Crippen molar-refractivity contribution in [1.82, 2.24) is 9.62 Å². The first-order valence-corrected chi connectivity index (χ1v) is 4.52. The van der Waals surface area contributed by atoms with E-state index < -0.39 is 11.0 Å². The van der Waals surface area contributed by atoms with Crippen LogP contribution in [0.3, 0.4) is 0 Å². The minimum Gasteiger partial charge on any atom is -0.303 e. The molecule has 0 spiro atoms. The number of nitrogens with one attached hydrogen (secondary N) is 1. The number of likely N-dealkylation sites (N-methyl/N-ethyl adjacent to an activating group) is 1. The van der Waals surface area contributed by atoms with Gasteiger partial charge in [0.25, 0.3) is 0 Å². The predicted molar refractivity (Wildman–Crippen MR) is 38.5 cm³/mol. The Hall–Kier alpha value is 0.0700. The third kappa shape index (κ3) is 2.04. The standard InChI is InChI=1S/C5H12N2OS/c1-7-3-5(4-7)6-9(2)8/h5-6H,3-4H2,1-2H3. The first-order valence-electron chi connectivity index (χ1n) is 2.96. The molecular weight excluding hydrogens is 136 g/mol. The number of hydrogen-bond donors (Lipinski definition) is 1. The largest absolute Gasteiger partial charge is 0.303 e. The summed E-state index contributed by atoms with van der Waals surface area (Å²) in [6, 6.07) is 0.459. The first kappa shape index (κ1) is 7.18. The Labute approximate surface area is 58.0 Å². The Morgan fingerprint density at radius 2 is 2.22 bits per heavy atom. The fourth-order valence-electron chi connectivity index (χ4n) is 1.01. The summed E-state index contributed by atoms with van der Waals surface area (Å²) in [5.74, 6) is 0. The van der Waals surface area contributed by atoms with Crippen molar-refractivity contribution in [2.45, 2.75) is 6.04 Å². The molecule has 1 saturated heterocycles. The molecule has 0 aliphatic carbocycles. The summed E-state index contributed by atoms with van der Waals surface area (Å²) < 4.78 is 13.5. The lowest BCUT2D eigenvalue weighted by Crippen LogP contribution is -2.56. The molecule has 1 unspecified atom stereocenters. The van der Waals surface area contributed by atoms with Gasteiger partial charge in [-0.3, -0.25) is 0 Å². The van der Waals surface area contributed by atoms with Crippen LogP contribution in [0.15, 0.2) is 0 Å². The van der Waals surface area contributed by atoms with Crippen LogP contribution in [0.2, 0.25) is 0 Å². The van der Waals surface area contributed by atoms with E-state index in [1.54, 1.807) is 6.26 Å². The Morgan fingerprint density at radius 3 is 2.56 bits per heavy atom. The molecule has 1 atom stereocenters. The van der Waals surface area contributed by atoms with Crippen LogP contribution in [0.1, 0.15) is 0 Å². The van der Waals surface area contributed by atoms with Crippen molar-refractivity contribution >= 4 is 11.0 Å². The SMILES string of the molecule is CN1CC(NS(C)=O)C1. The van der Waals surface area contributed by atoms with Crippen LogP contribution in [-0.4, -0.2) is 41.5 Å². The van der Waals surface area contributed by atoms with Gasteiger partial charge in [0.2, 0.25) is 0 Å². The molecule has 3 nitrogen and oxygen atoms in total. The van der Waals surface area contributed by atoms with Gasteiger partial charge in [-0.25, -0.2) is 8.93 Å². The maximum atomic E-state index is 10.5. The Balaban J connectivity index is 2.11. The zero-order valence-electron chi connectivity index (χ0n) is 5.76. The van der Waals surface area contributed by atoms with Gasteiger partial charge in [0, 0.05) is 25.4 Å². The van der Waals surface area contributed by atoms with Gasteiger partial charge < -0.3 is 4.90 Å². The Kier molecular flexibility index (Phi) is 2.21. The summed E-state index contributed by atoms with van der Waals surface area (Å²) in [4.78, 5) is 2.19. The molecule has 0 aromatic rings. The van der Waals surface area contributed by atoms with E-state index in [4.69, 9.17) is 0 Å². The van der Waals surface area contributed by atoms with Gasteiger partial charge in [0.15, 0.2) is 0 Å². The normalized spacial score (nSPS) is 25.6. The Bertz CT molecular complexity index is 122. The van der Waals surface area contributed by atoms with E-state index in [1.807, 2.05) is 0 Å². The molecule has 9 heavy (non-hydrogen) atoms. The first-order chi connectivity index (χ1) is 4.18. The van der Waals surface area contributed by atoms with E-state index >= 15 is 0 Å². The van der Waals surface area contributed by atoms with Gasteiger partial charge >= 0.3 is 0 Å². The van der Waals surface area contributed by atoms with Crippen LogP contribution < -0.4 is 4.72 Å². The van der Waals surface area contributed by atoms with Gasteiger partial charge in [0.1, 0.15) is 0 Å². The summed E-state index contributed by atoms with van der Waals surface area (Å²) in [7, 11) is 1.22. The molecule has 0 amide bonds. The van der Waals surface area contributed by atoms with E-state index in [9.17, 15) is 4.21 Å². The van der Waals surface area contributed by atoms with Crippen molar-refractivity contribution in [2.24, 2.45) is 0 Å². The number of hydrogen-bond acceptors (Lipinski definition) is 2. The average Bonchev–Trinajstić information content (AvgIpc) is 1.60. The van der Waals surface area contributed by atoms with Crippen LogP contribution in [0, 0.1) is 0 Å². The maximum Gasteiger partial charge on any atom is 0.0887 e. The van der Waals surface area contributed by atoms with Crippen LogP contribution in [0.25, 0.3) is 0 Å². The monoisotopic (exact) mass is 148 g/mol. The molecule has 0 radical (unpaired) electrons. The zero-order chi connectivity index (χ0) is 6.85. The zero-order valence-corrected chi connectivity index (χ0v) is 6.57. The lowest BCUT2D eigenvalue weighted by Gasteiger charge is -2.35. The van der Waals surface area contributed by atoms with E-state index in [0.717, 1.165) is 13.1 Å². The van der Waals surface area contributed by atoms with Crippen LogP contribution in [0.5, 0.6) is 0 Å². The summed E-state index contributed by atoms with van der Waals surface area (Å²) in [6.45, 7) is 2.05. The molecule has 0 aromatic heterocycles. The molecule has 0 saturated carbocycles. The molecule has 1 N–H and O–H groups in total. The predicted octanol–water partition coefficient (Wildman–Crippen LogP) is -0.816. The number of rotatable bonds is 2. The van der Waals surface area contributed by atoms with Gasteiger partial charge in [-0.05, 0) is 7.05 Å². The quantitative estimate of drug-likeness (QED) is 0.555. The van der Waals surface area contributed by atoms with Crippen molar-refractivity contribution in [3.05, 3.63) is 0 Å². The minimum atomic E-state index is -0.836. The van der Waals surface area contributed by atoms with Crippen LogP contribution >= 0.6 is 0 Å². The van der Waals surface area contributed by atoms with Crippen LogP contribution in [0.4, 0.5) is 0 Å².